The second-order valence-corrected chi connectivity index (χ2v) is 14.1. The lowest BCUT2D eigenvalue weighted by atomic mass is 9.85. The van der Waals surface area contributed by atoms with Gasteiger partial charge in [0.15, 0.2) is 0 Å². The average molecular weight is 651 g/mol. The van der Waals surface area contributed by atoms with Gasteiger partial charge < -0.3 is 14.9 Å². The van der Waals surface area contributed by atoms with Gasteiger partial charge >= 0.3 is 0 Å². The fourth-order valence-electron chi connectivity index (χ4n) is 7.16. The van der Waals surface area contributed by atoms with E-state index in [-0.39, 0.29) is 0 Å². The Kier molecular flexibility index (Phi) is 20.3. The van der Waals surface area contributed by atoms with Crippen molar-refractivity contribution in [3.8, 4) is 23.0 Å². The molecule has 0 fully saturated rings. The van der Waals surface area contributed by atoms with E-state index in [1.165, 1.54) is 22.3 Å². The van der Waals surface area contributed by atoms with E-state index in [0.29, 0.717) is 11.5 Å². The largest absolute Gasteiger partial charge is 0.507 e. The minimum absolute atomic E-state index is 0.562. The van der Waals surface area contributed by atoms with Crippen LogP contribution in [0.5, 0.6) is 23.0 Å². The zero-order chi connectivity index (χ0) is 34.6. The minimum Gasteiger partial charge on any atom is -0.507 e. The van der Waals surface area contributed by atoms with Gasteiger partial charge in [0.25, 0.3) is 0 Å². The molecule has 0 saturated carbocycles. The van der Waals surface area contributed by atoms with Crippen LogP contribution in [0.3, 0.4) is 0 Å². The summed E-state index contributed by atoms with van der Waals surface area (Å²) in [6.07, 6.45) is 24.8. The first-order chi connectivity index (χ1) is 22.9. The van der Waals surface area contributed by atoms with E-state index in [0.717, 1.165) is 188 Å². The number of phenolic OH excluding ortho intramolecular Hbond substituents is 2. The number of ether oxygens (including phenoxy) is 1. The summed E-state index contributed by atoms with van der Waals surface area (Å²) in [7, 11) is 0. The highest BCUT2D eigenvalue weighted by Gasteiger charge is 2.29. The summed E-state index contributed by atoms with van der Waals surface area (Å²) < 4.78 is 7.66. The Bertz CT molecular complexity index is 1000. The molecule has 0 aliphatic heterocycles. The first kappa shape index (κ1) is 41.0. The van der Waals surface area contributed by atoms with Gasteiger partial charge in [0, 0.05) is 44.5 Å². The van der Waals surface area contributed by atoms with Crippen LogP contribution in [-0.2, 0) is 51.4 Å². The fraction of sp³-hybridized carbons (Fsp3) is 0.727. The van der Waals surface area contributed by atoms with Gasteiger partial charge in [-0.25, -0.2) is 0 Å². The van der Waals surface area contributed by atoms with Crippen molar-refractivity contribution in [1.29, 1.82) is 0 Å². The summed E-state index contributed by atoms with van der Waals surface area (Å²) in [6.45, 7) is 18.1. The highest BCUT2D eigenvalue weighted by Crippen LogP contribution is 2.48. The van der Waals surface area contributed by atoms with E-state index in [1.54, 1.807) is 0 Å². The van der Waals surface area contributed by atoms with E-state index in [4.69, 9.17) is 4.74 Å². The summed E-state index contributed by atoms with van der Waals surface area (Å²) in [6, 6.07) is 0. The van der Waals surface area contributed by atoms with Crippen molar-refractivity contribution in [3.63, 3.8) is 0 Å². The predicted molar refractivity (Wildman–Crippen MR) is 205 cm³/mol. The van der Waals surface area contributed by atoms with Crippen LogP contribution in [0.4, 0.5) is 0 Å². The van der Waals surface area contributed by atoms with Gasteiger partial charge in [0.2, 0.25) is 0 Å². The van der Waals surface area contributed by atoms with Crippen LogP contribution in [0.25, 0.3) is 0 Å². The topological polar surface area (TPSA) is 49.7 Å². The third kappa shape index (κ3) is 11.5. The van der Waals surface area contributed by atoms with Crippen molar-refractivity contribution in [1.82, 2.24) is 0 Å². The van der Waals surface area contributed by atoms with Gasteiger partial charge in [-0.1, -0.05) is 107 Å². The monoisotopic (exact) mass is 651 g/mol. The van der Waals surface area contributed by atoms with Crippen LogP contribution in [-0.4, -0.2) is 10.2 Å². The molecule has 3 heteroatoms. The maximum atomic E-state index is 12.1. The van der Waals surface area contributed by atoms with Crippen molar-refractivity contribution in [2.45, 2.75) is 209 Å². The van der Waals surface area contributed by atoms with Gasteiger partial charge in [-0.3, -0.25) is 0 Å². The Morgan fingerprint density at radius 3 is 0.638 bits per heavy atom. The van der Waals surface area contributed by atoms with E-state index >= 15 is 0 Å². The number of aromatic hydroxyl groups is 2. The maximum absolute atomic E-state index is 12.1. The summed E-state index contributed by atoms with van der Waals surface area (Å²) >= 11 is 0. The zero-order valence-electron chi connectivity index (χ0n) is 32.3. The van der Waals surface area contributed by atoms with Crippen molar-refractivity contribution < 1.29 is 14.9 Å². The van der Waals surface area contributed by atoms with E-state index in [1.807, 2.05) is 0 Å². The number of phenols is 2. The molecule has 0 radical (unpaired) electrons. The molecule has 0 amide bonds. The SMILES string of the molecule is CCCCc1c(O)c(CCCC)c(CCCC)c(Oc2c(CCCC)c(CCCC)c(O)c(CCCC)c2CCCC)c1CCCC. The Balaban J connectivity index is 3.16. The van der Waals surface area contributed by atoms with E-state index < -0.39 is 0 Å². The van der Waals surface area contributed by atoms with E-state index in [9.17, 15) is 10.2 Å². The molecule has 0 aliphatic carbocycles. The molecule has 2 rings (SSSR count). The summed E-state index contributed by atoms with van der Waals surface area (Å²) in [4.78, 5) is 0. The number of rotatable bonds is 26. The third-order valence-corrected chi connectivity index (χ3v) is 10.1. The Morgan fingerprint density at radius 1 is 0.298 bits per heavy atom. The predicted octanol–water partition coefficient (Wildman–Crippen LogP) is 13.6. The first-order valence-electron chi connectivity index (χ1n) is 20.3. The molecule has 0 aliphatic rings. The molecule has 0 heterocycles. The van der Waals surface area contributed by atoms with Gasteiger partial charge in [0.05, 0.1) is 0 Å². The summed E-state index contributed by atoms with van der Waals surface area (Å²) in [5.41, 5.74) is 9.59. The molecular formula is C44H74O3. The highest BCUT2D eigenvalue weighted by molar-refractivity contribution is 5.64. The number of hydrogen-bond donors (Lipinski definition) is 2. The Hall–Kier alpha value is -2.16. The van der Waals surface area contributed by atoms with Gasteiger partial charge in [-0.2, -0.15) is 0 Å². The normalized spacial score (nSPS) is 11.5. The van der Waals surface area contributed by atoms with Crippen molar-refractivity contribution >= 4 is 0 Å². The first-order valence-corrected chi connectivity index (χ1v) is 20.3. The number of hydrogen-bond acceptors (Lipinski definition) is 3. The van der Waals surface area contributed by atoms with Crippen LogP contribution in [0.15, 0.2) is 0 Å². The third-order valence-electron chi connectivity index (χ3n) is 10.1. The molecular weight excluding hydrogens is 576 g/mol. The number of benzene rings is 2. The molecule has 0 bridgehead atoms. The summed E-state index contributed by atoms with van der Waals surface area (Å²) in [5.74, 6) is 3.25. The maximum Gasteiger partial charge on any atom is 0.134 e. The minimum atomic E-state index is 0.562. The van der Waals surface area contributed by atoms with Crippen molar-refractivity contribution in [2.75, 3.05) is 0 Å². The second-order valence-electron chi connectivity index (χ2n) is 14.1. The van der Waals surface area contributed by atoms with Crippen LogP contribution in [0.2, 0.25) is 0 Å². The van der Waals surface area contributed by atoms with Gasteiger partial charge in [-0.15, -0.1) is 0 Å². The lowest BCUT2D eigenvalue weighted by Crippen LogP contribution is -2.12. The Morgan fingerprint density at radius 2 is 0.468 bits per heavy atom. The van der Waals surface area contributed by atoms with Crippen LogP contribution in [0.1, 0.15) is 203 Å². The summed E-state index contributed by atoms with van der Waals surface area (Å²) in [5, 5.41) is 24.1. The quantitative estimate of drug-likeness (QED) is 0.106. The second kappa shape index (κ2) is 23.2. The highest BCUT2D eigenvalue weighted by atomic mass is 16.5. The molecule has 0 unspecified atom stereocenters. The fourth-order valence-corrected chi connectivity index (χ4v) is 7.16. The molecule has 2 aromatic carbocycles. The molecule has 47 heavy (non-hydrogen) atoms. The average Bonchev–Trinajstić information content (AvgIpc) is 3.07. The van der Waals surface area contributed by atoms with Gasteiger partial charge in [0.1, 0.15) is 23.0 Å². The van der Waals surface area contributed by atoms with Crippen LogP contribution in [0, 0.1) is 0 Å². The van der Waals surface area contributed by atoms with Crippen molar-refractivity contribution in [3.05, 3.63) is 44.5 Å². The molecule has 0 spiro atoms. The molecule has 0 atom stereocenters. The van der Waals surface area contributed by atoms with Crippen LogP contribution >= 0.6 is 0 Å². The zero-order valence-corrected chi connectivity index (χ0v) is 32.3. The number of unbranched alkanes of at least 4 members (excludes halogenated alkanes) is 8. The van der Waals surface area contributed by atoms with E-state index in [2.05, 4.69) is 55.4 Å². The molecule has 268 valence electrons. The lowest BCUT2D eigenvalue weighted by molar-refractivity contribution is 0.422. The molecule has 0 saturated heterocycles. The molecule has 2 aromatic rings. The molecule has 0 aromatic heterocycles. The Labute approximate surface area is 291 Å². The molecule has 3 nitrogen and oxygen atoms in total. The van der Waals surface area contributed by atoms with Gasteiger partial charge in [-0.05, 0) is 103 Å². The molecule has 2 N–H and O–H groups in total. The lowest BCUT2D eigenvalue weighted by Gasteiger charge is -2.29. The standard InChI is InChI=1S/C44H74O3/c1-9-17-25-33-37(29-21-13-5)43(38(30-22-14-6)34(41(33)45)26-18-10-2)47-44-39(31-23-15-7)35(27-19-11-3)42(46)36(28-20-12-4)40(44)32-24-16-8/h45-46H,9-32H2,1-8H3. The smallest absolute Gasteiger partial charge is 0.134 e. The van der Waals surface area contributed by atoms with Crippen molar-refractivity contribution in [2.24, 2.45) is 0 Å². The van der Waals surface area contributed by atoms with Crippen LogP contribution < -0.4 is 4.74 Å².